The van der Waals surface area contributed by atoms with Crippen molar-refractivity contribution in [1.82, 2.24) is 4.90 Å². The minimum Gasteiger partial charge on any atom is -0.481 e. The Morgan fingerprint density at radius 1 is 1.12 bits per heavy atom. The number of nitrogens with one attached hydrogen (secondary N) is 1. The van der Waals surface area contributed by atoms with Gasteiger partial charge in [0.1, 0.15) is 0 Å². The molecule has 1 aliphatic carbocycles. The monoisotopic (exact) mass is 332 g/mol. The predicted molar refractivity (Wildman–Crippen MR) is 90.9 cm³/mol. The highest BCUT2D eigenvalue weighted by atomic mass is 16.4. The maximum Gasteiger partial charge on any atom is 0.310 e. The van der Waals surface area contributed by atoms with Crippen LogP contribution in [0.1, 0.15) is 48.9 Å². The Hall–Kier alpha value is -2.37. The first-order valence-electron chi connectivity index (χ1n) is 8.20. The summed E-state index contributed by atoms with van der Waals surface area (Å²) >= 11 is 0. The molecular formula is C18H24N2O4. The van der Waals surface area contributed by atoms with Crippen LogP contribution >= 0.6 is 0 Å². The molecule has 1 saturated carbocycles. The number of carboxylic acid groups (broad SMARTS) is 1. The van der Waals surface area contributed by atoms with E-state index in [-0.39, 0.29) is 18.2 Å². The molecule has 1 aromatic rings. The van der Waals surface area contributed by atoms with Crippen molar-refractivity contribution in [2.45, 2.75) is 38.5 Å². The van der Waals surface area contributed by atoms with Crippen molar-refractivity contribution in [3.63, 3.8) is 0 Å². The summed E-state index contributed by atoms with van der Waals surface area (Å²) < 4.78 is 0. The average Bonchev–Trinajstić information content (AvgIpc) is 2.55. The number of benzene rings is 1. The number of para-hydroxylation sites is 1. The zero-order chi connectivity index (χ0) is 17.7. The first-order chi connectivity index (χ1) is 11.4. The van der Waals surface area contributed by atoms with E-state index >= 15 is 0 Å². The molecule has 1 aromatic carbocycles. The first kappa shape index (κ1) is 18.0. The van der Waals surface area contributed by atoms with Crippen LogP contribution in [0.2, 0.25) is 0 Å². The minimum absolute atomic E-state index is 0.0627. The number of hydrogen-bond donors (Lipinski definition) is 2. The largest absolute Gasteiger partial charge is 0.481 e. The molecule has 1 fully saturated rings. The van der Waals surface area contributed by atoms with Gasteiger partial charge in [0.2, 0.25) is 5.91 Å². The molecule has 0 heterocycles. The second kappa shape index (κ2) is 7.47. The van der Waals surface area contributed by atoms with Crippen LogP contribution in [-0.2, 0) is 9.59 Å². The first-order valence-corrected chi connectivity index (χ1v) is 8.20. The van der Waals surface area contributed by atoms with Crippen molar-refractivity contribution in [2.24, 2.45) is 5.41 Å². The van der Waals surface area contributed by atoms with Crippen molar-refractivity contribution in [3.8, 4) is 0 Å². The van der Waals surface area contributed by atoms with Gasteiger partial charge in [0.05, 0.1) is 16.7 Å². The van der Waals surface area contributed by atoms with Crippen LogP contribution in [0.25, 0.3) is 0 Å². The van der Waals surface area contributed by atoms with Gasteiger partial charge in [-0.05, 0) is 25.0 Å². The molecule has 1 aliphatic rings. The van der Waals surface area contributed by atoms with Crippen molar-refractivity contribution in [3.05, 3.63) is 29.8 Å². The fraction of sp³-hybridized carbons (Fsp3) is 0.500. The third-order valence-electron chi connectivity index (χ3n) is 4.60. The topological polar surface area (TPSA) is 86.7 Å². The zero-order valence-electron chi connectivity index (χ0n) is 14.2. The van der Waals surface area contributed by atoms with Crippen LogP contribution in [0.3, 0.4) is 0 Å². The number of nitrogens with zero attached hydrogens (tertiary/aromatic N) is 1. The summed E-state index contributed by atoms with van der Waals surface area (Å²) in [7, 11) is 3.28. The fourth-order valence-electron chi connectivity index (χ4n) is 3.22. The highest BCUT2D eigenvalue weighted by Crippen LogP contribution is 2.39. The molecule has 0 aliphatic heterocycles. The molecule has 6 heteroatoms. The van der Waals surface area contributed by atoms with Gasteiger partial charge in [-0.1, -0.05) is 31.4 Å². The maximum atomic E-state index is 12.4. The lowest BCUT2D eigenvalue weighted by molar-refractivity contribution is -0.153. The molecular weight excluding hydrogens is 308 g/mol. The third-order valence-corrected chi connectivity index (χ3v) is 4.60. The van der Waals surface area contributed by atoms with E-state index in [4.69, 9.17) is 0 Å². The maximum absolute atomic E-state index is 12.4. The van der Waals surface area contributed by atoms with Crippen molar-refractivity contribution < 1.29 is 19.5 Å². The van der Waals surface area contributed by atoms with Gasteiger partial charge < -0.3 is 15.3 Å². The molecule has 6 nitrogen and oxygen atoms in total. The summed E-state index contributed by atoms with van der Waals surface area (Å²) in [5.74, 6) is -1.48. The van der Waals surface area contributed by atoms with E-state index in [2.05, 4.69) is 5.32 Å². The zero-order valence-corrected chi connectivity index (χ0v) is 14.2. The molecule has 0 spiro atoms. The van der Waals surface area contributed by atoms with Crippen molar-refractivity contribution in [1.29, 1.82) is 0 Å². The van der Waals surface area contributed by atoms with Crippen LogP contribution in [0.15, 0.2) is 24.3 Å². The second-order valence-electron chi connectivity index (χ2n) is 6.62. The molecule has 2 amide bonds. The summed E-state index contributed by atoms with van der Waals surface area (Å²) in [6, 6.07) is 6.76. The molecule has 2 N–H and O–H groups in total. The van der Waals surface area contributed by atoms with E-state index in [0.29, 0.717) is 24.1 Å². The van der Waals surface area contributed by atoms with Gasteiger partial charge in [-0.15, -0.1) is 0 Å². The second-order valence-corrected chi connectivity index (χ2v) is 6.62. The van der Waals surface area contributed by atoms with Crippen molar-refractivity contribution >= 4 is 23.5 Å². The van der Waals surface area contributed by atoms with E-state index in [0.717, 1.165) is 19.3 Å². The Bertz CT molecular complexity index is 634. The van der Waals surface area contributed by atoms with E-state index in [1.807, 2.05) is 0 Å². The van der Waals surface area contributed by atoms with E-state index in [1.165, 1.54) is 4.90 Å². The van der Waals surface area contributed by atoms with Crippen LogP contribution in [-0.4, -0.2) is 41.9 Å². The molecule has 0 saturated heterocycles. The lowest BCUT2D eigenvalue weighted by Gasteiger charge is -2.32. The van der Waals surface area contributed by atoms with Gasteiger partial charge in [0, 0.05) is 20.5 Å². The molecule has 24 heavy (non-hydrogen) atoms. The number of rotatable bonds is 5. The van der Waals surface area contributed by atoms with Gasteiger partial charge in [-0.3, -0.25) is 14.4 Å². The minimum atomic E-state index is -0.983. The Morgan fingerprint density at radius 3 is 2.33 bits per heavy atom. The molecule has 0 unspecified atom stereocenters. The number of carboxylic acids is 1. The van der Waals surface area contributed by atoms with E-state index in [1.54, 1.807) is 38.4 Å². The average molecular weight is 332 g/mol. The molecule has 0 radical (unpaired) electrons. The highest BCUT2D eigenvalue weighted by molar-refractivity contribution is 6.04. The highest BCUT2D eigenvalue weighted by Gasteiger charge is 2.41. The summed E-state index contributed by atoms with van der Waals surface area (Å²) in [4.78, 5) is 37.7. The SMILES string of the molecule is CN(C)C(=O)c1ccccc1NC(=O)CC1(C(=O)O)CCCCC1. The van der Waals surface area contributed by atoms with E-state index < -0.39 is 11.4 Å². The lowest BCUT2D eigenvalue weighted by atomic mass is 9.71. The number of anilines is 1. The van der Waals surface area contributed by atoms with Crippen LogP contribution in [0.4, 0.5) is 5.69 Å². The Kier molecular flexibility index (Phi) is 5.59. The van der Waals surface area contributed by atoms with Crippen molar-refractivity contribution in [2.75, 3.05) is 19.4 Å². The lowest BCUT2D eigenvalue weighted by Crippen LogP contribution is -2.37. The number of aliphatic carboxylic acids is 1. The molecule has 0 aromatic heterocycles. The van der Waals surface area contributed by atoms with E-state index in [9.17, 15) is 19.5 Å². The molecule has 2 rings (SSSR count). The number of hydrogen-bond acceptors (Lipinski definition) is 3. The normalized spacial score (nSPS) is 16.2. The quantitative estimate of drug-likeness (QED) is 0.868. The summed E-state index contributed by atoms with van der Waals surface area (Å²) in [5, 5.41) is 12.3. The summed E-state index contributed by atoms with van der Waals surface area (Å²) in [6.07, 6.45) is 3.65. The number of carbonyl (C=O) groups is 3. The summed E-state index contributed by atoms with van der Waals surface area (Å²) in [5.41, 5.74) is -0.176. The van der Waals surface area contributed by atoms with Crippen LogP contribution < -0.4 is 5.32 Å². The Balaban J connectivity index is 2.15. The Morgan fingerprint density at radius 2 is 1.75 bits per heavy atom. The van der Waals surface area contributed by atoms with Gasteiger partial charge in [0.15, 0.2) is 0 Å². The molecule has 0 atom stereocenters. The third kappa shape index (κ3) is 3.93. The number of amides is 2. The summed E-state index contributed by atoms with van der Waals surface area (Å²) in [6.45, 7) is 0. The van der Waals surface area contributed by atoms with Gasteiger partial charge in [-0.2, -0.15) is 0 Å². The Labute approximate surface area is 141 Å². The van der Waals surface area contributed by atoms with Gasteiger partial charge in [-0.25, -0.2) is 0 Å². The van der Waals surface area contributed by atoms with Crippen LogP contribution in [0, 0.1) is 5.41 Å². The molecule has 0 bridgehead atoms. The molecule has 130 valence electrons. The van der Waals surface area contributed by atoms with Gasteiger partial charge in [0.25, 0.3) is 5.91 Å². The standard InChI is InChI=1S/C18H24N2O4/c1-20(2)16(22)13-8-4-5-9-14(13)19-15(21)12-18(17(23)24)10-6-3-7-11-18/h4-5,8-9H,3,6-7,10-12H2,1-2H3,(H,19,21)(H,23,24). The smallest absolute Gasteiger partial charge is 0.310 e. The number of carbonyl (C=O) groups excluding carboxylic acids is 2. The predicted octanol–water partition coefficient (Wildman–Crippen LogP) is 2.75. The fourth-order valence-corrected chi connectivity index (χ4v) is 3.22. The van der Waals surface area contributed by atoms with Gasteiger partial charge >= 0.3 is 5.97 Å². The van der Waals surface area contributed by atoms with Crippen LogP contribution in [0.5, 0.6) is 0 Å².